The second kappa shape index (κ2) is 8.10. The van der Waals surface area contributed by atoms with E-state index in [-0.39, 0.29) is 36.3 Å². The predicted octanol–water partition coefficient (Wildman–Crippen LogP) is 0.894. The van der Waals surface area contributed by atoms with Gasteiger partial charge in [0.2, 0.25) is 15.9 Å². The Hall–Kier alpha value is -1.15. The predicted molar refractivity (Wildman–Crippen MR) is 92.7 cm³/mol. The highest BCUT2D eigenvalue weighted by atomic mass is 35.5. The number of rotatable bonds is 5. The van der Waals surface area contributed by atoms with Crippen LogP contribution in [0.2, 0.25) is 0 Å². The van der Waals surface area contributed by atoms with Gasteiger partial charge in [-0.1, -0.05) is 37.3 Å². The third-order valence-corrected chi connectivity index (χ3v) is 4.75. The summed E-state index contributed by atoms with van der Waals surface area (Å²) in [6.07, 6.45) is 1.76. The number of carbonyl (C=O) groups excluding carboxylic acids is 1. The van der Waals surface area contributed by atoms with E-state index in [9.17, 15) is 13.2 Å². The molecule has 2 rings (SSSR count). The van der Waals surface area contributed by atoms with Crippen LogP contribution in [-0.2, 0) is 14.8 Å². The Balaban J connectivity index is 0.00000264. The first-order valence-corrected chi connectivity index (χ1v) is 9.23. The average molecular weight is 362 g/mol. The van der Waals surface area contributed by atoms with Crippen LogP contribution in [0.15, 0.2) is 30.3 Å². The maximum atomic E-state index is 12.5. The van der Waals surface area contributed by atoms with Crippen molar-refractivity contribution in [2.45, 2.75) is 25.4 Å². The molecule has 0 bridgehead atoms. The molecule has 0 radical (unpaired) electrons. The van der Waals surface area contributed by atoms with Crippen molar-refractivity contribution in [3.63, 3.8) is 0 Å². The monoisotopic (exact) mass is 361 g/mol. The number of halogens is 1. The van der Waals surface area contributed by atoms with Crippen LogP contribution in [0.3, 0.4) is 0 Å². The van der Waals surface area contributed by atoms with Crippen LogP contribution in [-0.4, -0.2) is 44.6 Å². The van der Waals surface area contributed by atoms with Crippen molar-refractivity contribution in [2.24, 2.45) is 11.7 Å². The molecule has 1 aromatic rings. The summed E-state index contributed by atoms with van der Waals surface area (Å²) in [6.45, 7) is 2.77. The molecule has 130 valence electrons. The molecular weight excluding hydrogens is 338 g/mol. The lowest BCUT2D eigenvalue weighted by atomic mass is 9.94. The maximum Gasteiger partial charge on any atom is 0.227 e. The van der Waals surface area contributed by atoms with Gasteiger partial charge in [0.15, 0.2) is 0 Å². The van der Waals surface area contributed by atoms with Gasteiger partial charge in [-0.3, -0.25) is 4.79 Å². The van der Waals surface area contributed by atoms with Gasteiger partial charge < -0.3 is 10.6 Å². The summed E-state index contributed by atoms with van der Waals surface area (Å²) in [5.74, 6) is -0.381. The van der Waals surface area contributed by atoms with Crippen molar-refractivity contribution in [2.75, 3.05) is 19.3 Å². The first-order chi connectivity index (χ1) is 10.3. The first-order valence-electron chi connectivity index (χ1n) is 7.34. The molecule has 0 aliphatic carbocycles. The van der Waals surface area contributed by atoms with Crippen LogP contribution < -0.4 is 10.5 Å². The van der Waals surface area contributed by atoms with Gasteiger partial charge in [-0.15, -0.1) is 12.4 Å². The van der Waals surface area contributed by atoms with Gasteiger partial charge in [-0.05, 0) is 12.0 Å². The molecule has 6 nitrogen and oxygen atoms in total. The van der Waals surface area contributed by atoms with Crippen LogP contribution in [0.4, 0.5) is 0 Å². The third kappa shape index (κ3) is 5.46. The maximum absolute atomic E-state index is 12.5. The molecule has 1 aliphatic heterocycles. The largest absolute Gasteiger partial charge is 0.341 e. The zero-order valence-corrected chi connectivity index (χ0v) is 14.9. The highest BCUT2D eigenvalue weighted by Gasteiger charge is 2.32. The van der Waals surface area contributed by atoms with Gasteiger partial charge in [0.05, 0.1) is 12.2 Å². The Bertz CT molecular complexity index is 624. The fourth-order valence-corrected chi connectivity index (χ4v) is 3.56. The van der Waals surface area contributed by atoms with E-state index in [0.29, 0.717) is 19.5 Å². The fourth-order valence-electron chi connectivity index (χ4n) is 2.76. The van der Waals surface area contributed by atoms with Crippen molar-refractivity contribution in [1.29, 1.82) is 0 Å². The molecule has 1 amide bonds. The second-order valence-corrected chi connectivity index (χ2v) is 7.67. The van der Waals surface area contributed by atoms with Crippen LogP contribution in [0.25, 0.3) is 0 Å². The molecule has 8 heteroatoms. The van der Waals surface area contributed by atoms with Gasteiger partial charge >= 0.3 is 0 Å². The van der Waals surface area contributed by atoms with Crippen molar-refractivity contribution < 1.29 is 13.2 Å². The summed E-state index contributed by atoms with van der Waals surface area (Å²) in [4.78, 5) is 14.2. The van der Waals surface area contributed by atoms with Crippen molar-refractivity contribution in [3.05, 3.63) is 35.9 Å². The molecule has 1 aliphatic rings. The summed E-state index contributed by atoms with van der Waals surface area (Å²) in [5.41, 5.74) is 7.11. The average Bonchev–Trinajstić information content (AvgIpc) is 2.92. The minimum absolute atomic E-state index is 0. The van der Waals surface area contributed by atoms with Crippen molar-refractivity contribution >= 4 is 28.3 Å². The SMILES string of the molecule is CC(C(=O)N1CCC(NS(C)(=O)=O)C1)C(N)c1ccccc1.Cl. The van der Waals surface area contributed by atoms with Gasteiger partial charge in [-0.2, -0.15) is 0 Å². The Morgan fingerprint density at radius 2 is 1.96 bits per heavy atom. The molecule has 0 saturated carbocycles. The smallest absolute Gasteiger partial charge is 0.227 e. The lowest BCUT2D eigenvalue weighted by Crippen LogP contribution is -2.41. The molecule has 1 heterocycles. The number of benzene rings is 1. The van der Waals surface area contributed by atoms with E-state index in [0.717, 1.165) is 11.8 Å². The Kier molecular flexibility index (Phi) is 7.01. The third-order valence-electron chi connectivity index (χ3n) is 3.99. The van der Waals surface area contributed by atoms with E-state index in [1.165, 1.54) is 0 Å². The number of carbonyl (C=O) groups is 1. The lowest BCUT2D eigenvalue weighted by molar-refractivity contribution is -0.134. The molecule has 23 heavy (non-hydrogen) atoms. The highest BCUT2D eigenvalue weighted by molar-refractivity contribution is 7.88. The fraction of sp³-hybridized carbons (Fsp3) is 0.533. The zero-order chi connectivity index (χ0) is 16.3. The van der Waals surface area contributed by atoms with E-state index in [1.54, 1.807) is 4.90 Å². The van der Waals surface area contributed by atoms with E-state index in [1.807, 2.05) is 37.3 Å². The minimum atomic E-state index is -3.25. The molecule has 0 aromatic heterocycles. The lowest BCUT2D eigenvalue weighted by Gasteiger charge is -2.25. The van der Waals surface area contributed by atoms with Gasteiger partial charge in [0.1, 0.15) is 0 Å². The van der Waals surface area contributed by atoms with Crippen molar-refractivity contribution in [3.8, 4) is 0 Å². The molecule has 1 fully saturated rings. The molecule has 0 spiro atoms. The van der Waals surface area contributed by atoms with Gasteiger partial charge in [-0.25, -0.2) is 13.1 Å². The number of likely N-dealkylation sites (tertiary alicyclic amines) is 1. The molecule has 3 N–H and O–H groups in total. The molecule has 1 saturated heterocycles. The standard InChI is InChI=1S/C15H23N3O3S.ClH/c1-11(14(16)12-6-4-3-5-7-12)15(19)18-9-8-13(10-18)17-22(2,20)21;/h3-7,11,13-14,17H,8-10,16H2,1-2H3;1H. The number of nitrogens with two attached hydrogens (primary N) is 1. The van der Waals surface area contributed by atoms with Gasteiger partial charge in [0, 0.05) is 25.2 Å². The Morgan fingerprint density at radius 3 is 2.52 bits per heavy atom. The van der Waals surface area contributed by atoms with Crippen LogP contribution in [0, 0.1) is 5.92 Å². The quantitative estimate of drug-likeness (QED) is 0.814. The topological polar surface area (TPSA) is 92.5 Å². The first kappa shape index (κ1) is 19.9. The Labute approximate surface area is 143 Å². The van der Waals surface area contributed by atoms with Crippen molar-refractivity contribution in [1.82, 2.24) is 9.62 Å². The summed E-state index contributed by atoms with van der Waals surface area (Å²) < 4.78 is 25.1. The van der Waals surface area contributed by atoms with Gasteiger partial charge in [0.25, 0.3) is 0 Å². The molecular formula is C15H24ClN3O3S. The number of hydrogen-bond acceptors (Lipinski definition) is 4. The normalized spacial score (nSPS) is 20.7. The number of hydrogen-bond donors (Lipinski definition) is 2. The van der Waals surface area contributed by atoms with E-state index < -0.39 is 10.0 Å². The number of nitrogens with zero attached hydrogens (tertiary/aromatic N) is 1. The zero-order valence-electron chi connectivity index (χ0n) is 13.3. The van der Waals surface area contributed by atoms with E-state index in [2.05, 4.69) is 4.72 Å². The molecule has 1 aromatic carbocycles. The van der Waals surface area contributed by atoms with E-state index in [4.69, 9.17) is 5.73 Å². The van der Waals surface area contributed by atoms with E-state index >= 15 is 0 Å². The van der Waals surface area contributed by atoms with Crippen LogP contribution >= 0.6 is 12.4 Å². The molecule has 3 atom stereocenters. The Morgan fingerprint density at radius 1 is 1.35 bits per heavy atom. The minimum Gasteiger partial charge on any atom is -0.341 e. The number of amides is 1. The summed E-state index contributed by atoms with van der Waals surface area (Å²) >= 11 is 0. The van der Waals surface area contributed by atoms with Crippen LogP contribution in [0.1, 0.15) is 24.9 Å². The van der Waals surface area contributed by atoms with Crippen LogP contribution in [0.5, 0.6) is 0 Å². The number of sulfonamides is 1. The number of nitrogens with one attached hydrogen (secondary N) is 1. The summed E-state index contributed by atoms with van der Waals surface area (Å²) in [5, 5.41) is 0. The second-order valence-electron chi connectivity index (χ2n) is 5.89. The summed E-state index contributed by atoms with van der Waals surface area (Å²) in [6, 6.07) is 8.95. The summed E-state index contributed by atoms with van der Waals surface area (Å²) in [7, 11) is -3.25. The molecule has 3 unspecified atom stereocenters. The highest BCUT2D eigenvalue weighted by Crippen LogP contribution is 2.23.